The van der Waals surface area contributed by atoms with Crippen LogP contribution in [0.2, 0.25) is 0 Å². The van der Waals surface area contributed by atoms with Gasteiger partial charge in [0.25, 0.3) is 0 Å². The van der Waals surface area contributed by atoms with Crippen LogP contribution in [0.5, 0.6) is 11.5 Å². The molecule has 0 bridgehead atoms. The first-order chi connectivity index (χ1) is 15.6. The van der Waals surface area contributed by atoms with Crippen molar-refractivity contribution >= 4 is 23.6 Å². The molecule has 2 aromatic rings. The average molecular weight is 458 g/mol. The van der Waals surface area contributed by atoms with Crippen LogP contribution in [0.1, 0.15) is 31.9 Å². The van der Waals surface area contributed by atoms with Crippen LogP contribution in [0.4, 0.5) is 10.5 Å². The third-order valence-corrected chi connectivity index (χ3v) is 4.31. The fourth-order valence-electron chi connectivity index (χ4n) is 2.87. The standard InChI is InChI=1S/C24H31N3O6/c1-24(2,3)33-23(30)26-15-22(29)25-14-17-7-6-8-18(11-17)27-21(28)13-16-9-10-19(31-4)20(12-16)32-5/h6-12H,13-15H2,1-5H3,(H,25,29)(H,26,30)(H,27,28). The summed E-state index contributed by atoms with van der Waals surface area (Å²) in [6.45, 7) is 5.27. The number of hydrogen-bond acceptors (Lipinski definition) is 6. The number of hydrogen-bond donors (Lipinski definition) is 3. The number of carbonyl (C=O) groups excluding carboxylic acids is 3. The van der Waals surface area contributed by atoms with E-state index in [2.05, 4.69) is 16.0 Å². The van der Waals surface area contributed by atoms with Gasteiger partial charge in [-0.25, -0.2) is 4.79 Å². The van der Waals surface area contributed by atoms with Crippen LogP contribution in [0, 0.1) is 0 Å². The predicted molar refractivity (Wildman–Crippen MR) is 124 cm³/mol. The van der Waals surface area contributed by atoms with Crippen molar-refractivity contribution in [1.82, 2.24) is 10.6 Å². The zero-order valence-corrected chi connectivity index (χ0v) is 19.6. The van der Waals surface area contributed by atoms with Crippen LogP contribution in [-0.2, 0) is 27.3 Å². The summed E-state index contributed by atoms with van der Waals surface area (Å²) < 4.78 is 15.6. The van der Waals surface area contributed by atoms with Gasteiger partial charge in [0.05, 0.1) is 20.6 Å². The van der Waals surface area contributed by atoms with Crippen LogP contribution >= 0.6 is 0 Å². The minimum absolute atomic E-state index is 0.164. The molecular weight excluding hydrogens is 426 g/mol. The molecule has 0 heterocycles. The van der Waals surface area contributed by atoms with Crippen molar-refractivity contribution in [3.63, 3.8) is 0 Å². The summed E-state index contributed by atoms with van der Waals surface area (Å²) in [5.74, 6) is 0.605. The van der Waals surface area contributed by atoms with Crippen molar-refractivity contribution in [2.45, 2.75) is 39.3 Å². The van der Waals surface area contributed by atoms with E-state index < -0.39 is 11.7 Å². The monoisotopic (exact) mass is 457 g/mol. The van der Waals surface area contributed by atoms with Gasteiger partial charge in [-0.15, -0.1) is 0 Å². The maximum Gasteiger partial charge on any atom is 0.408 e. The first-order valence-corrected chi connectivity index (χ1v) is 10.4. The average Bonchev–Trinajstić information content (AvgIpc) is 2.75. The molecule has 2 aromatic carbocycles. The van der Waals surface area contributed by atoms with Gasteiger partial charge < -0.3 is 30.2 Å². The Morgan fingerprint density at radius 3 is 2.24 bits per heavy atom. The van der Waals surface area contributed by atoms with E-state index in [0.717, 1.165) is 11.1 Å². The second-order valence-electron chi connectivity index (χ2n) is 8.25. The number of carbonyl (C=O) groups is 3. The van der Waals surface area contributed by atoms with Gasteiger partial charge in [0.15, 0.2) is 11.5 Å². The molecule has 0 saturated carbocycles. The molecule has 0 aliphatic rings. The minimum atomic E-state index is -0.656. The van der Waals surface area contributed by atoms with Crippen LogP contribution in [-0.4, -0.2) is 44.3 Å². The molecule has 0 aromatic heterocycles. The Balaban J connectivity index is 1.84. The molecule has 0 spiro atoms. The Morgan fingerprint density at radius 1 is 0.848 bits per heavy atom. The van der Waals surface area contributed by atoms with E-state index in [-0.39, 0.29) is 31.3 Å². The number of rotatable bonds is 9. The van der Waals surface area contributed by atoms with Gasteiger partial charge in [0.1, 0.15) is 12.1 Å². The van der Waals surface area contributed by atoms with Gasteiger partial charge in [0, 0.05) is 12.2 Å². The van der Waals surface area contributed by atoms with E-state index in [0.29, 0.717) is 17.2 Å². The lowest BCUT2D eigenvalue weighted by atomic mass is 10.1. The molecule has 0 atom stereocenters. The Labute approximate surface area is 193 Å². The molecule has 2 rings (SSSR count). The molecule has 0 aliphatic heterocycles. The number of amides is 3. The third-order valence-electron chi connectivity index (χ3n) is 4.31. The molecule has 3 amide bonds. The number of ether oxygens (including phenoxy) is 3. The molecule has 178 valence electrons. The summed E-state index contributed by atoms with van der Waals surface area (Å²) in [4.78, 5) is 36.1. The SMILES string of the molecule is COc1ccc(CC(=O)Nc2cccc(CNC(=O)CNC(=O)OC(C)(C)C)c2)cc1OC. The number of benzene rings is 2. The van der Waals surface area contributed by atoms with Gasteiger partial charge in [-0.2, -0.15) is 0 Å². The first kappa shape index (κ1) is 25.5. The lowest BCUT2D eigenvalue weighted by molar-refractivity contribution is -0.120. The lowest BCUT2D eigenvalue weighted by Gasteiger charge is -2.19. The summed E-state index contributed by atoms with van der Waals surface area (Å²) in [6, 6.07) is 12.5. The van der Waals surface area contributed by atoms with E-state index in [1.807, 2.05) is 6.07 Å². The normalized spacial score (nSPS) is 10.7. The highest BCUT2D eigenvalue weighted by Crippen LogP contribution is 2.27. The second kappa shape index (κ2) is 11.8. The number of methoxy groups -OCH3 is 2. The highest BCUT2D eigenvalue weighted by molar-refractivity contribution is 5.92. The topological polar surface area (TPSA) is 115 Å². The highest BCUT2D eigenvalue weighted by atomic mass is 16.6. The fourth-order valence-corrected chi connectivity index (χ4v) is 2.87. The Morgan fingerprint density at radius 2 is 1.58 bits per heavy atom. The van der Waals surface area contributed by atoms with E-state index >= 15 is 0 Å². The van der Waals surface area contributed by atoms with Crippen molar-refractivity contribution in [2.24, 2.45) is 0 Å². The van der Waals surface area contributed by atoms with Gasteiger partial charge in [-0.1, -0.05) is 18.2 Å². The van der Waals surface area contributed by atoms with Crippen LogP contribution < -0.4 is 25.4 Å². The molecule has 9 heteroatoms. The van der Waals surface area contributed by atoms with Crippen LogP contribution in [0.15, 0.2) is 42.5 Å². The van der Waals surface area contributed by atoms with Crippen molar-refractivity contribution in [1.29, 1.82) is 0 Å². The zero-order valence-electron chi connectivity index (χ0n) is 19.6. The Hall–Kier alpha value is -3.75. The van der Waals surface area contributed by atoms with Gasteiger partial charge in [0.2, 0.25) is 11.8 Å². The zero-order chi connectivity index (χ0) is 24.4. The Kier molecular flexibility index (Phi) is 9.08. The molecule has 9 nitrogen and oxygen atoms in total. The number of anilines is 1. The second-order valence-corrected chi connectivity index (χ2v) is 8.25. The lowest BCUT2D eigenvalue weighted by Crippen LogP contribution is -2.39. The quantitative estimate of drug-likeness (QED) is 0.533. The van der Waals surface area contributed by atoms with E-state index in [1.54, 1.807) is 71.4 Å². The number of alkyl carbamates (subject to hydrolysis) is 1. The predicted octanol–water partition coefficient (Wildman–Crippen LogP) is 3.03. The highest BCUT2D eigenvalue weighted by Gasteiger charge is 2.16. The molecule has 0 radical (unpaired) electrons. The maximum absolute atomic E-state index is 12.5. The van der Waals surface area contributed by atoms with Crippen molar-refractivity contribution < 1.29 is 28.6 Å². The van der Waals surface area contributed by atoms with E-state index in [4.69, 9.17) is 14.2 Å². The van der Waals surface area contributed by atoms with Gasteiger partial charge in [-0.3, -0.25) is 9.59 Å². The van der Waals surface area contributed by atoms with Crippen LogP contribution in [0.25, 0.3) is 0 Å². The van der Waals surface area contributed by atoms with Crippen molar-refractivity contribution in [3.8, 4) is 11.5 Å². The summed E-state index contributed by atoms with van der Waals surface area (Å²) in [6.07, 6.45) is -0.491. The summed E-state index contributed by atoms with van der Waals surface area (Å²) in [5.41, 5.74) is 1.56. The van der Waals surface area contributed by atoms with Crippen molar-refractivity contribution in [2.75, 3.05) is 26.1 Å². The molecule has 0 saturated heterocycles. The van der Waals surface area contributed by atoms with Crippen LogP contribution in [0.3, 0.4) is 0 Å². The summed E-state index contributed by atoms with van der Waals surface area (Å²) >= 11 is 0. The fraction of sp³-hybridized carbons (Fsp3) is 0.375. The molecule has 0 unspecified atom stereocenters. The molecule has 33 heavy (non-hydrogen) atoms. The summed E-state index contributed by atoms with van der Waals surface area (Å²) in [5, 5.41) is 7.97. The maximum atomic E-state index is 12.5. The smallest absolute Gasteiger partial charge is 0.408 e. The third kappa shape index (κ3) is 9.10. The molecule has 0 fully saturated rings. The van der Waals surface area contributed by atoms with Gasteiger partial charge >= 0.3 is 6.09 Å². The van der Waals surface area contributed by atoms with E-state index in [1.165, 1.54) is 0 Å². The first-order valence-electron chi connectivity index (χ1n) is 10.4. The number of nitrogens with one attached hydrogen (secondary N) is 3. The van der Waals surface area contributed by atoms with Crippen molar-refractivity contribution in [3.05, 3.63) is 53.6 Å². The Bertz CT molecular complexity index is 984. The molecule has 3 N–H and O–H groups in total. The van der Waals surface area contributed by atoms with Gasteiger partial charge in [-0.05, 0) is 56.2 Å². The molecule has 0 aliphatic carbocycles. The largest absolute Gasteiger partial charge is 0.493 e. The molecular formula is C24H31N3O6. The minimum Gasteiger partial charge on any atom is -0.493 e. The summed E-state index contributed by atoms with van der Waals surface area (Å²) in [7, 11) is 3.09. The van der Waals surface area contributed by atoms with E-state index in [9.17, 15) is 14.4 Å².